The minimum atomic E-state index is 0.685. The van der Waals surface area contributed by atoms with Crippen molar-refractivity contribution in [2.45, 2.75) is 19.9 Å². The molecule has 2 aromatic rings. The first kappa shape index (κ1) is 12.8. The van der Waals surface area contributed by atoms with Gasteiger partial charge in [0.1, 0.15) is 5.75 Å². The number of ether oxygens (including phenoxy) is 1. The van der Waals surface area contributed by atoms with Gasteiger partial charge in [0.2, 0.25) is 0 Å². The number of nitrogens with two attached hydrogens (primary N) is 1. The van der Waals surface area contributed by atoms with Crippen LogP contribution in [0.4, 0.5) is 11.4 Å². The fraction of sp³-hybridized carbons (Fsp3) is 0.286. The van der Waals surface area contributed by atoms with Crippen molar-refractivity contribution >= 4 is 22.7 Å². The molecule has 1 aromatic carbocycles. The summed E-state index contributed by atoms with van der Waals surface area (Å²) in [6.45, 7) is 3.60. The Kier molecular flexibility index (Phi) is 4.47. The van der Waals surface area contributed by atoms with Crippen LogP contribution in [0.2, 0.25) is 0 Å². The summed E-state index contributed by atoms with van der Waals surface area (Å²) in [4.78, 5) is 1.31. The third-order valence-electron chi connectivity index (χ3n) is 2.52. The van der Waals surface area contributed by atoms with Gasteiger partial charge in [-0.3, -0.25) is 0 Å². The highest BCUT2D eigenvalue weighted by Gasteiger charge is 2.02. The molecule has 0 radical (unpaired) electrons. The number of rotatable bonds is 6. The Morgan fingerprint density at radius 1 is 1.33 bits per heavy atom. The fourth-order valence-electron chi connectivity index (χ4n) is 1.58. The maximum atomic E-state index is 5.87. The molecule has 0 atom stereocenters. The van der Waals surface area contributed by atoms with Crippen LogP contribution in [-0.2, 0) is 6.54 Å². The Labute approximate surface area is 112 Å². The third-order valence-corrected chi connectivity index (χ3v) is 3.40. The first-order chi connectivity index (χ1) is 8.79. The lowest BCUT2D eigenvalue weighted by molar-refractivity contribution is 0.319. The highest BCUT2D eigenvalue weighted by molar-refractivity contribution is 7.09. The normalized spacial score (nSPS) is 10.3. The van der Waals surface area contributed by atoms with E-state index in [1.807, 2.05) is 18.2 Å². The van der Waals surface area contributed by atoms with E-state index in [-0.39, 0.29) is 0 Å². The van der Waals surface area contributed by atoms with E-state index in [0.29, 0.717) is 12.3 Å². The number of nitrogen functional groups attached to an aromatic ring is 1. The van der Waals surface area contributed by atoms with Gasteiger partial charge in [0, 0.05) is 23.2 Å². The minimum absolute atomic E-state index is 0.685. The molecule has 96 valence electrons. The SMILES string of the molecule is CCCOc1cc(NCc2cccs2)ccc1N. The van der Waals surface area contributed by atoms with E-state index < -0.39 is 0 Å². The van der Waals surface area contributed by atoms with E-state index in [2.05, 4.69) is 29.8 Å². The van der Waals surface area contributed by atoms with Crippen LogP contribution < -0.4 is 15.8 Å². The highest BCUT2D eigenvalue weighted by atomic mass is 32.1. The Hall–Kier alpha value is -1.68. The molecular formula is C14H18N2OS. The van der Waals surface area contributed by atoms with Crippen LogP contribution in [0.5, 0.6) is 5.75 Å². The summed E-state index contributed by atoms with van der Waals surface area (Å²) < 4.78 is 5.60. The van der Waals surface area contributed by atoms with Gasteiger partial charge in [-0.2, -0.15) is 0 Å². The molecule has 0 amide bonds. The molecular weight excluding hydrogens is 244 g/mol. The van der Waals surface area contributed by atoms with Gasteiger partial charge in [-0.05, 0) is 30.0 Å². The average molecular weight is 262 g/mol. The zero-order valence-corrected chi connectivity index (χ0v) is 11.3. The van der Waals surface area contributed by atoms with Crippen molar-refractivity contribution in [3.8, 4) is 5.75 Å². The maximum Gasteiger partial charge on any atom is 0.144 e. The van der Waals surface area contributed by atoms with Crippen molar-refractivity contribution in [1.29, 1.82) is 0 Å². The predicted molar refractivity (Wildman–Crippen MR) is 78.3 cm³/mol. The summed E-state index contributed by atoms with van der Waals surface area (Å²) in [6.07, 6.45) is 0.978. The topological polar surface area (TPSA) is 47.3 Å². The molecule has 18 heavy (non-hydrogen) atoms. The molecule has 0 unspecified atom stereocenters. The molecule has 3 nitrogen and oxygen atoms in total. The number of hydrogen-bond donors (Lipinski definition) is 2. The quantitative estimate of drug-likeness (QED) is 0.780. The Bertz CT molecular complexity index is 483. The van der Waals surface area contributed by atoms with E-state index in [1.54, 1.807) is 11.3 Å². The number of anilines is 2. The second kappa shape index (κ2) is 6.31. The molecule has 4 heteroatoms. The monoisotopic (exact) mass is 262 g/mol. The van der Waals surface area contributed by atoms with Gasteiger partial charge >= 0.3 is 0 Å². The maximum absolute atomic E-state index is 5.87. The smallest absolute Gasteiger partial charge is 0.144 e. The zero-order valence-electron chi connectivity index (χ0n) is 10.5. The van der Waals surface area contributed by atoms with Crippen LogP contribution in [-0.4, -0.2) is 6.61 Å². The van der Waals surface area contributed by atoms with E-state index >= 15 is 0 Å². The first-order valence-electron chi connectivity index (χ1n) is 6.08. The van der Waals surface area contributed by atoms with Crippen LogP contribution >= 0.6 is 11.3 Å². The first-order valence-corrected chi connectivity index (χ1v) is 6.96. The molecule has 0 spiro atoms. The lowest BCUT2D eigenvalue weighted by atomic mass is 10.2. The van der Waals surface area contributed by atoms with Gasteiger partial charge in [-0.1, -0.05) is 13.0 Å². The van der Waals surface area contributed by atoms with E-state index in [1.165, 1.54) is 4.88 Å². The van der Waals surface area contributed by atoms with Crippen molar-refractivity contribution < 1.29 is 4.74 Å². The standard InChI is InChI=1S/C14H18N2OS/c1-2-7-17-14-9-11(5-6-13(14)15)16-10-12-4-3-8-18-12/h3-6,8-9,16H,2,7,10,15H2,1H3. The van der Waals surface area contributed by atoms with Gasteiger partial charge < -0.3 is 15.8 Å². The number of thiophene rings is 1. The second-order valence-corrected chi connectivity index (χ2v) is 5.07. The van der Waals surface area contributed by atoms with Crippen molar-refractivity contribution in [2.75, 3.05) is 17.7 Å². The molecule has 1 aromatic heterocycles. The molecule has 0 aliphatic heterocycles. The van der Waals surface area contributed by atoms with Crippen molar-refractivity contribution in [2.24, 2.45) is 0 Å². The predicted octanol–water partition coefficient (Wildman–Crippen LogP) is 3.73. The molecule has 0 aliphatic carbocycles. The molecule has 2 rings (SSSR count). The molecule has 0 saturated heterocycles. The Balaban J connectivity index is 2.00. The summed E-state index contributed by atoms with van der Waals surface area (Å²) in [7, 11) is 0. The summed E-state index contributed by atoms with van der Waals surface area (Å²) in [5.41, 5.74) is 7.59. The molecule has 1 heterocycles. The number of nitrogens with one attached hydrogen (secondary N) is 1. The van der Waals surface area contributed by atoms with E-state index in [0.717, 1.165) is 24.4 Å². The van der Waals surface area contributed by atoms with E-state index in [9.17, 15) is 0 Å². The van der Waals surface area contributed by atoms with Gasteiger partial charge in [-0.25, -0.2) is 0 Å². The average Bonchev–Trinajstić information content (AvgIpc) is 2.89. The number of hydrogen-bond acceptors (Lipinski definition) is 4. The summed E-state index contributed by atoms with van der Waals surface area (Å²) in [5, 5.41) is 5.45. The van der Waals surface area contributed by atoms with Gasteiger partial charge in [0.25, 0.3) is 0 Å². The molecule has 0 fully saturated rings. The van der Waals surface area contributed by atoms with Crippen LogP contribution in [0.15, 0.2) is 35.7 Å². The van der Waals surface area contributed by atoms with Gasteiger partial charge in [0.05, 0.1) is 12.3 Å². The summed E-state index contributed by atoms with van der Waals surface area (Å²) >= 11 is 1.74. The highest BCUT2D eigenvalue weighted by Crippen LogP contribution is 2.26. The molecule has 3 N–H and O–H groups in total. The van der Waals surface area contributed by atoms with Crippen LogP contribution in [0.25, 0.3) is 0 Å². The van der Waals surface area contributed by atoms with Crippen LogP contribution in [0.1, 0.15) is 18.2 Å². The third kappa shape index (κ3) is 3.40. The van der Waals surface area contributed by atoms with Crippen LogP contribution in [0.3, 0.4) is 0 Å². The Morgan fingerprint density at radius 2 is 2.22 bits per heavy atom. The largest absolute Gasteiger partial charge is 0.491 e. The van der Waals surface area contributed by atoms with E-state index in [4.69, 9.17) is 10.5 Å². The summed E-state index contributed by atoms with van der Waals surface area (Å²) in [6, 6.07) is 9.98. The molecule has 0 aliphatic rings. The van der Waals surface area contributed by atoms with Crippen molar-refractivity contribution in [3.63, 3.8) is 0 Å². The van der Waals surface area contributed by atoms with Crippen LogP contribution in [0, 0.1) is 0 Å². The van der Waals surface area contributed by atoms with Crippen molar-refractivity contribution in [1.82, 2.24) is 0 Å². The van der Waals surface area contributed by atoms with Gasteiger partial charge in [0.15, 0.2) is 0 Å². The summed E-state index contributed by atoms with van der Waals surface area (Å²) in [5.74, 6) is 0.757. The minimum Gasteiger partial charge on any atom is -0.491 e. The number of benzene rings is 1. The second-order valence-electron chi connectivity index (χ2n) is 4.03. The van der Waals surface area contributed by atoms with Gasteiger partial charge in [-0.15, -0.1) is 11.3 Å². The lowest BCUT2D eigenvalue weighted by Gasteiger charge is -2.11. The lowest BCUT2D eigenvalue weighted by Crippen LogP contribution is -2.02. The zero-order chi connectivity index (χ0) is 12.8. The molecule has 0 bridgehead atoms. The molecule has 0 saturated carbocycles. The Morgan fingerprint density at radius 3 is 2.94 bits per heavy atom. The fourth-order valence-corrected chi connectivity index (χ4v) is 2.23. The van der Waals surface area contributed by atoms with Crippen molar-refractivity contribution in [3.05, 3.63) is 40.6 Å².